The first-order chi connectivity index (χ1) is 34.4. The Hall–Kier alpha value is -4.94. The van der Waals surface area contributed by atoms with Crippen LogP contribution in [0.2, 0.25) is 0 Å². The van der Waals surface area contributed by atoms with Crippen molar-refractivity contribution in [2.75, 3.05) is 0 Å². The van der Waals surface area contributed by atoms with Crippen molar-refractivity contribution in [3.63, 3.8) is 0 Å². The smallest absolute Gasteiger partial charge is 0.0705 e. The van der Waals surface area contributed by atoms with Crippen molar-refractivity contribution in [1.82, 2.24) is 9.97 Å². The molecule has 1 fully saturated rings. The van der Waals surface area contributed by atoms with Crippen molar-refractivity contribution in [3.8, 4) is 55.9 Å². The van der Waals surface area contributed by atoms with Crippen molar-refractivity contribution in [2.24, 2.45) is 0 Å². The number of hydrogen-bond acceptors (Lipinski definition) is 2. The van der Waals surface area contributed by atoms with E-state index in [2.05, 4.69) is 276 Å². The van der Waals surface area contributed by atoms with Gasteiger partial charge in [-0.2, -0.15) is 0 Å². The second-order valence-electron chi connectivity index (χ2n) is 24.7. The predicted molar refractivity (Wildman–Crippen MR) is 322 cm³/mol. The van der Waals surface area contributed by atoms with E-state index >= 15 is 0 Å². The summed E-state index contributed by atoms with van der Waals surface area (Å²) in [6.45, 7) is 27.5. The Balaban J connectivity index is 1.21. The lowest BCUT2D eigenvalue weighted by Gasteiger charge is -2.39. The molecule has 9 rings (SSSR count). The van der Waals surface area contributed by atoms with E-state index in [1.54, 1.807) is 0 Å². The molecule has 0 N–H and O–H groups in total. The van der Waals surface area contributed by atoms with Gasteiger partial charge in [-0.3, -0.25) is 9.97 Å². The van der Waals surface area contributed by atoms with Gasteiger partial charge in [0.05, 0.1) is 11.4 Å². The lowest BCUT2D eigenvalue weighted by Crippen LogP contribution is -2.22. The highest BCUT2D eigenvalue weighted by molar-refractivity contribution is 9.11. The molecular formula is C68H71Br3N2. The molecule has 1 saturated carbocycles. The highest BCUT2D eigenvalue weighted by atomic mass is 79.9. The Morgan fingerprint density at radius 1 is 0.329 bits per heavy atom. The molecule has 0 saturated heterocycles. The fraction of sp³-hybridized carbons (Fsp3) is 0.324. The molecule has 0 amide bonds. The molecule has 2 aromatic heterocycles. The third kappa shape index (κ3) is 11.5. The maximum Gasteiger partial charge on any atom is 0.0705 e. The molecule has 5 heteroatoms. The van der Waals surface area contributed by atoms with Gasteiger partial charge in [0.15, 0.2) is 0 Å². The maximum absolute atomic E-state index is 4.87. The molecule has 6 aromatic carbocycles. The van der Waals surface area contributed by atoms with E-state index in [4.69, 9.17) is 9.97 Å². The standard InChI is InChI=1S/C68H71Br3N2/c1-65(2,3)47-23-27-52(58(38-47)56-25-21-42(36-61(56)70)63-40-49(29-31-72-63)67(7,8)9)45-33-44(51-17-13-14-18-54(51)55-19-15-16-20-60(55)69)34-46(35-45)53-28-24-48(66(4,5)6)39-59(53)57-26-22-43(37-62(57)71)64-41-50(30-32-73-64)68(10,11)12/h13-32,36-41,44-46H,33-35H2,1-12H3. The van der Waals surface area contributed by atoms with Crippen LogP contribution < -0.4 is 0 Å². The summed E-state index contributed by atoms with van der Waals surface area (Å²) in [5, 5.41) is 0. The molecule has 73 heavy (non-hydrogen) atoms. The highest BCUT2D eigenvalue weighted by Gasteiger charge is 2.36. The van der Waals surface area contributed by atoms with Crippen LogP contribution in [-0.4, -0.2) is 9.97 Å². The van der Waals surface area contributed by atoms with E-state index in [1.807, 2.05) is 12.4 Å². The molecule has 374 valence electrons. The van der Waals surface area contributed by atoms with Crippen molar-refractivity contribution in [2.45, 2.75) is 142 Å². The monoisotopic (exact) mass is 1150 g/mol. The minimum Gasteiger partial charge on any atom is -0.256 e. The Bertz CT molecular complexity index is 3140. The molecule has 2 unspecified atom stereocenters. The van der Waals surface area contributed by atoms with Gasteiger partial charge in [-0.05, 0) is 173 Å². The zero-order valence-electron chi connectivity index (χ0n) is 44.9. The summed E-state index contributed by atoms with van der Waals surface area (Å²) in [6.07, 6.45) is 7.00. The van der Waals surface area contributed by atoms with Crippen LogP contribution in [0.3, 0.4) is 0 Å². The highest BCUT2D eigenvalue weighted by Crippen LogP contribution is 2.54. The first-order valence-corrected chi connectivity index (χ1v) is 28.5. The van der Waals surface area contributed by atoms with E-state index in [-0.39, 0.29) is 39.4 Å². The largest absolute Gasteiger partial charge is 0.256 e. The Morgan fingerprint density at radius 2 is 0.685 bits per heavy atom. The summed E-state index contributed by atoms with van der Waals surface area (Å²) in [6, 6.07) is 55.2. The number of hydrogen-bond donors (Lipinski definition) is 0. The van der Waals surface area contributed by atoms with Gasteiger partial charge < -0.3 is 0 Å². The van der Waals surface area contributed by atoms with E-state index in [9.17, 15) is 0 Å². The molecule has 8 aromatic rings. The second kappa shape index (κ2) is 20.6. The van der Waals surface area contributed by atoms with E-state index in [1.165, 1.54) is 72.3 Å². The number of rotatable bonds is 8. The number of aromatic nitrogens is 2. The van der Waals surface area contributed by atoms with Crippen LogP contribution in [0.25, 0.3) is 55.9 Å². The zero-order valence-corrected chi connectivity index (χ0v) is 49.7. The summed E-state index contributed by atoms with van der Waals surface area (Å²) in [7, 11) is 0. The van der Waals surface area contributed by atoms with Gasteiger partial charge in [0.1, 0.15) is 0 Å². The lowest BCUT2D eigenvalue weighted by atomic mass is 9.65. The molecule has 2 atom stereocenters. The van der Waals surface area contributed by atoms with Gasteiger partial charge in [0.25, 0.3) is 0 Å². The van der Waals surface area contributed by atoms with E-state index in [0.717, 1.165) is 55.2 Å². The van der Waals surface area contributed by atoms with Gasteiger partial charge >= 0.3 is 0 Å². The topological polar surface area (TPSA) is 25.8 Å². The molecule has 0 bridgehead atoms. The fourth-order valence-corrected chi connectivity index (χ4v) is 12.7. The van der Waals surface area contributed by atoms with Crippen LogP contribution in [0.15, 0.2) is 171 Å². The Morgan fingerprint density at radius 3 is 1.08 bits per heavy atom. The molecule has 2 heterocycles. The molecule has 1 aliphatic carbocycles. The van der Waals surface area contributed by atoms with Gasteiger partial charge in [-0.25, -0.2) is 0 Å². The molecule has 0 spiro atoms. The third-order valence-corrected chi connectivity index (χ3v) is 17.4. The van der Waals surface area contributed by atoms with Crippen LogP contribution in [0.1, 0.15) is 159 Å². The normalized spacial score (nSPS) is 16.7. The summed E-state index contributed by atoms with van der Waals surface area (Å²) >= 11 is 12.3. The van der Waals surface area contributed by atoms with Crippen molar-refractivity contribution >= 4 is 47.8 Å². The Kier molecular flexibility index (Phi) is 15.0. The number of halogens is 3. The summed E-state index contributed by atoms with van der Waals surface area (Å²) in [5.74, 6) is 0.814. The summed E-state index contributed by atoms with van der Waals surface area (Å²) < 4.78 is 3.28. The van der Waals surface area contributed by atoms with E-state index in [0.29, 0.717) is 0 Å². The summed E-state index contributed by atoms with van der Waals surface area (Å²) in [4.78, 5) is 9.73. The second-order valence-corrected chi connectivity index (χ2v) is 27.3. The third-order valence-electron chi connectivity index (χ3n) is 15.4. The number of nitrogens with zero attached hydrogens (tertiary/aromatic N) is 2. The maximum atomic E-state index is 4.87. The number of benzene rings is 6. The molecule has 0 aliphatic heterocycles. The summed E-state index contributed by atoms with van der Waals surface area (Å²) in [5.41, 5.74) is 21.2. The minimum absolute atomic E-state index is 0.0261. The van der Waals surface area contributed by atoms with Crippen LogP contribution in [0.4, 0.5) is 0 Å². The van der Waals surface area contributed by atoms with Crippen molar-refractivity contribution in [1.29, 1.82) is 0 Å². The van der Waals surface area contributed by atoms with Crippen LogP contribution in [-0.2, 0) is 21.7 Å². The van der Waals surface area contributed by atoms with Gasteiger partial charge in [0, 0.05) is 36.9 Å². The van der Waals surface area contributed by atoms with E-state index < -0.39 is 0 Å². The van der Waals surface area contributed by atoms with Gasteiger partial charge in [0.2, 0.25) is 0 Å². The zero-order chi connectivity index (χ0) is 52.2. The molecule has 1 aliphatic rings. The molecule has 2 nitrogen and oxygen atoms in total. The van der Waals surface area contributed by atoms with Crippen LogP contribution in [0, 0.1) is 0 Å². The molecular weight excluding hydrogens is 1080 g/mol. The average Bonchev–Trinajstić information content (AvgIpc) is 3.35. The Labute approximate surface area is 462 Å². The average molecular weight is 1160 g/mol. The fourth-order valence-electron chi connectivity index (χ4n) is 11.0. The van der Waals surface area contributed by atoms with Crippen LogP contribution >= 0.6 is 47.8 Å². The first kappa shape index (κ1) is 52.9. The number of pyridine rings is 2. The quantitative estimate of drug-likeness (QED) is 0.152. The van der Waals surface area contributed by atoms with Crippen molar-refractivity contribution < 1.29 is 0 Å². The lowest BCUT2D eigenvalue weighted by molar-refractivity contribution is 0.352. The van der Waals surface area contributed by atoms with Gasteiger partial charge in [-0.15, -0.1) is 0 Å². The minimum atomic E-state index is -0.0330. The SMILES string of the molecule is CC(C)(C)c1ccnc(-c2ccc(-c3cc(C(C)(C)C)ccc3C3CC(c4ccccc4-c4ccccc4Br)CC(c4ccc(C(C)(C)C)cc4-c4ccc(-c5cc(C(C)(C)C)ccn5)cc4Br)C3)c(Br)c2)c1. The van der Waals surface area contributed by atoms with Crippen LogP contribution in [0.5, 0.6) is 0 Å². The predicted octanol–water partition coefficient (Wildman–Crippen LogP) is 21.1. The first-order valence-electron chi connectivity index (χ1n) is 26.1. The van der Waals surface area contributed by atoms with Crippen molar-refractivity contribution in [3.05, 3.63) is 210 Å². The molecule has 0 radical (unpaired) electrons. The van der Waals surface area contributed by atoms with Gasteiger partial charge in [-0.1, -0.05) is 234 Å².